The van der Waals surface area contributed by atoms with Gasteiger partial charge in [0.1, 0.15) is 17.5 Å². The van der Waals surface area contributed by atoms with Crippen molar-refractivity contribution in [3.05, 3.63) is 11.4 Å². The molecule has 1 aromatic rings. The maximum absolute atomic E-state index is 11.7. The fourth-order valence-corrected chi connectivity index (χ4v) is 1.80. The molecule has 0 spiro atoms. The van der Waals surface area contributed by atoms with E-state index < -0.39 is 0 Å². The number of carbonyl (C=O) groups is 1. The highest BCUT2D eigenvalue weighted by Gasteiger charge is 2.10. The Bertz CT molecular complexity index is 462. The monoisotopic (exact) mass is 293 g/mol. The van der Waals surface area contributed by atoms with E-state index in [1.165, 1.54) is 0 Å². The maximum atomic E-state index is 11.7. The van der Waals surface area contributed by atoms with Crippen molar-refractivity contribution in [3.8, 4) is 0 Å². The van der Waals surface area contributed by atoms with E-state index in [9.17, 15) is 4.79 Å². The highest BCUT2D eigenvalue weighted by atomic mass is 16.1. The quantitative estimate of drug-likeness (QED) is 0.650. The van der Waals surface area contributed by atoms with Crippen LogP contribution < -0.4 is 16.0 Å². The van der Waals surface area contributed by atoms with E-state index in [4.69, 9.17) is 0 Å². The van der Waals surface area contributed by atoms with Gasteiger partial charge in [0, 0.05) is 25.1 Å². The van der Waals surface area contributed by atoms with Crippen LogP contribution in [0.15, 0.2) is 0 Å². The summed E-state index contributed by atoms with van der Waals surface area (Å²) in [5.41, 5.74) is 0.948. The van der Waals surface area contributed by atoms with Gasteiger partial charge in [0.2, 0.25) is 5.91 Å². The van der Waals surface area contributed by atoms with Crippen LogP contribution in [0, 0.1) is 6.92 Å². The zero-order chi connectivity index (χ0) is 15.7. The van der Waals surface area contributed by atoms with Gasteiger partial charge in [-0.05, 0) is 19.8 Å². The van der Waals surface area contributed by atoms with Crippen LogP contribution in [0.25, 0.3) is 0 Å². The zero-order valence-electron chi connectivity index (χ0n) is 13.5. The van der Waals surface area contributed by atoms with Crippen molar-refractivity contribution in [3.63, 3.8) is 0 Å². The Morgan fingerprint density at radius 1 is 1.00 bits per heavy atom. The summed E-state index contributed by atoms with van der Waals surface area (Å²) in [5, 5.41) is 9.26. The Labute approximate surface area is 127 Å². The van der Waals surface area contributed by atoms with Gasteiger partial charge in [-0.15, -0.1) is 0 Å². The summed E-state index contributed by atoms with van der Waals surface area (Å²) in [6.07, 6.45) is 2.73. The van der Waals surface area contributed by atoms with Crippen LogP contribution in [-0.4, -0.2) is 35.5 Å². The molecule has 1 rings (SSSR count). The molecule has 1 heterocycles. The first-order valence-corrected chi connectivity index (χ1v) is 7.74. The molecule has 0 radical (unpaired) electrons. The smallest absolute Gasteiger partial charge is 0.239 e. The van der Waals surface area contributed by atoms with Gasteiger partial charge >= 0.3 is 0 Å². The van der Waals surface area contributed by atoms with Gasteiger partial charge in [-0.25, -0.2) is 9.97 Å². The van der Waals surface area contributed by atoms with Crippen LogP contribution in [-0.2, 0) is 11.2 Å². The van der Waals surface area contributed by atoms with Gasteiger partial charge in [0.15, 0.2) is 0 Å². The van der Waals surface area contributed by atoms with Crippen LogP contribution in [0.2, 0.25) is 0 Å². The average Bonchev–Trinajstić information content (AvgIpc) is 2.50. The number of rotatable bonds is 9. The molecule has 6 heteroatoms. The first kappa shape index (κ1) is 17.2. The van der Waals surface area contributed by atoms with Crippen molar-refractivity contribution in [2.45, 2.75) is 47.0 Å². The number of anilines is 2. The van der Waals surface area contributed by atoms with E-state index in [1.54, 1.807) is 0 Å². The molecule has 0 fully saturated rings. The summed E-state index contributed by atoms with van der Waals surface area (Å²) in [5.74, 6) is 2.33. The SMILES string of the molecule is CCCNC(=O)CNc1nc(CC)nc(NCCC)c1C. The average molecular weight is 293 g/mol. The van der Waals surface area contributed by atoms with Crippen molar-refractivity contribution in [1.82, 2.24) is 15.3 Å². The first-order chi connectivity index (χ1) is 10.1. The molecule has 1 amide bonds. The minimum absolute atomic E-state index is 0.0176. The minimum atomic E-state index is -0.0176. The van der Waals surface area contributed by atoms with Crippen molar-refractivity contribution < 1.29 is 4.79 Å². The third-order valence-corrected chi connectivity index (χ3v) is 3.04. The molecule has 0 aromatic carbocycles. The third-order valence-electron chi connectivity index (χ3n) is 3.04. The highest BCUT2D eigenvalue weighted by molar-refractivity contribution is 5.80. The summed E-state index contributed by atoms with van der Waals surface area (Å²) < 4.78 is 0. The Morgan fingerprint density at radius 3 is 2.19 bits per heavy atom. The molecule has 0 aliphatic heterocycles. The molecule has 0 saturated carbocycles. The van der Waals surface area contributed by atoms with E-state index in [-0.39, 0.29) is 12.5 Å². The van der Waals surface area contributed by atoms with Crippen LogP contribution in [0.3, 0.4) is 0 Å². The lowest BCUT2D eigenvalue weighted by atomic mass is 10.2. The first-order valence-electron chi connectivity index (χ1n) is 7.74. The fourth-order valence-electron chi connectivity index (χ4n) is 1.80. The summed E-state index contributed by atoms with van der Waals surface area (Å²) in [6.45, 7) is 9.93. The minimum Gasteiger partial charge on any atom is -0.370 e. The molecule has 0 saturated heterocycles. The van der Waals surface area contributed by atoms with E-state index >= 15 is 0 Å². The predicted octanol–water partition coefficient (Wildman–Crippen LogP) is 2.11. The van der Waals surface area contributed by atoms with Gasteiger partial charge in [0.05, 0.1) is 6.54 Å². The molecule has 0 atom stereocenters. The molecule has 3 N–H and O–H groups in total. The maximum Gasteiger partial charge on any atom is 0.239 e. The molecule has 21 heavy (non-hydrogen) atoms. The Hall–Kier alpha value is -1.85. The van der Waals surface area contributed by atoms with Crippen molar-refractivity contribution >= 4 is 17.5 Å². The molecule has 1 aromatic heterocycles. The van der Waals surface area contributed by atoms with Gasteiger partial charge in [0.25, 0.3) is 0 Å². The second kappa shape index (κ2) is 9.15. The number of amides is 1. The Kier molecular flexibility index (Phi) is 7.50. The van der Waals surface area contributed by atoms with Gasteiger partial charge < -0.3 is 16.0 Å². The van der Waals surface area contributed by atoms with Crippen LogP contribution in [0.1, 0.15) is 45.0 Å². The van der Waals surface area contributed by atoms with E-state index in [0.29, 0.717) is 6.54 Å². The summed E-state index contributed by atoms with van der Waals surface area (Å²) >= 11 is 0. The van der Waals surface area contributed by atoms with Crippen LogP contribution in [0.4, 0.5) is 11.6 Å². The van der Waals surface area contributed by atoms with Gasteiger partial charge in [-0.1, -0.05) is 20.8 Å². The molecule has 6 nitrogen and oxygen atoms in total. The van der Waals surface area contributed by atoms with E-state index in [0.717, 1.165) is 48.8 Å². The van der Waals surface area contributed by atoms with Crippen molar-refractivity contribution in [2.24, 2.45) is 0 Å². The largest absolute Gasteiger partial charge is 0.370 e. The van der Waals surface area contributed by atoms with Gasteiger partial charge in [-0.3, -0.25) is 4.79 Å². The van der Waals surface area contributed by atoms with E-state index in [2.05, 4.69) is 32.8 Å². The lowest BCUT2D eigenvalue weighted by Gasteiger charge is -2.14. The molecule has 0 aliphatic carbocycles. The molecular formula is C15H27N5O. The summed E-state index contributed by atoms with van der Waals surface area (Å²) in [7, 11) is 0. The second-order valence-electron chi connectivity index (χ2n) is 4.95. The number of aromatic nitrogens is 2. The topological polar surface area (TPSA) is 78.9 Å². The normalized spacial score (nSPS) is 10.3. The number of carbonyl (C=O) groups excluding carboxylic acids is 1. The summed E-state index contributed by atoms with van der Waals surface area (Å²) in [6, 6.07) is 0. The number of hydrogen-bond donors (Lipinski definition) is 3. The third kappa shape index (κ3) is 5.57. The lowest BCUT2D eigenvalue weighted by molar-refractivity contribution is -0.119. The Morgan fingerprint density at radius 2 is 1.62 bits per heavy atom. The number of aryl methyl sites for hydroxylation is 1. The number of nitrogens with one attached hydrogen (secondary N) is 3. The molecule has 0 unspecified atom stereocenters. The van der Waals surface area contributed by atoms with Gasteiger partial charge in [-0.2, -0.15) is 0 Å². The predicted molar refractivity (Wildman–Crippen MR) is 86.7 cm³/mol. The lowest BCUT2D eigenvalue weighted by Crippen LogP contribution is -2.30. The van der Waals surface area contributed by atoms with E-state index in [1.807, 2.05) is 20.8 Å². The standard InChI is InChI=1S/C15H27N5O/c1-5-8-16-13(21)10-18-15-11(4)14(17-9-6-2)19-12(7-3)20-15/h5-10H2,1-4H3,(H,16,21)(H2,17,18,19,20). The molecule has 0 bridgehead atoms. The Balaban J connectivity index is 2.77. The molecule has 0 aliphatic rings. The van der Waals surface area contributed by atoms with Crippen LogP contribution in [0.5, 0.6) is 0 Å². The summed E-state index contributed by atoms with van der Waals surface area (Å²) in [4.78, 5) is 20.6. The number of hydrogen-bond acceptors (Lipinski definition) is 5. The van der Waals surface area contributed by atoms with Crippen molar-refractivity contribution in [2.75, 3.05) is 30.3 Å². The number of nitrogens with zero attached hydrogens (tertiary/aromatic N) is 2. The van der Waals surface area contributed by atoms with Crippen LogP contribution >= 0.6 is 0 Å². The highest BCUT2D eigenvalue weighted by Crippen LogP contribution is 2.20. The fraction of sp³-hybridized carbons (Fsp3) is 0.667. The second-order valence-corrected chi connectivity index (χ2v) is 4.95. The zero-order valence-corrected chi connectivity index (χ0v) is 13.5. The molecule has 118 valence electrons. The molecular weight excluding hydrogens is 266 g/mol. The van der Waals surface area contributed by atoms with Crippen molar-refractivity contribution in [1.29, 1.82) is 0 Å².